The Bertz CT molecular complexity index is 1390. The van der Waals surface area contributed by atoms with Crippen molar-refractivity contribution in [3.63, 3.8) is 0 Å². The van der Waals surface area contributed by atoms with Gasteiger partial charge in [0.05, 0.1) is 18.2 Å². The van der Waals surface area contributed by atoms with Gasteiger partial charge in [0.15, 0.2) is 5.43 Å². The number of carbonyl (C=O) groups is 1. The van der Waals surface area contributed by atoms with Gasteiger partial charge in [-0.1, -0.05) is 63.2 Å². The van der Waals surface area contributed by atoms with E-state index in [-0.39, 0.29) is 16.8 Å². The minimum atomic E-state index is -0.281. The van der Waals surface area contributed by atoms with Crippen LogP contribution in [0.15, 0.2) is 77.6 Å². The number of nitrogens with zero attached hydrogens (tertiary/aromatic N) is 1. The molecule has 0 aliphatic carbocycles. The van der Waals surface area contributed by atoms with Gasteiger partial charge in [-0.2, -0.15) is 0 Å². The number of ether oxygens (including phenoxy) is 1. The van der Waals surface area contributed by atoms with Crippen molar-refractivity contribution in [1.82, 2.24) is 4.57 Å². The maximum absolute atomic E-state index is 13.6. The standard InChI is InChI=1S/C28H28N2O3/c1-28(2,3)19-16-14-18(15-17-19)27(32)29-26-24(21-11-7-9-13-23(21)33-5)25(31)20-10-6-8-12-22(20)30(26)4/h6-17H,1-5H3,(H,29,32). The molecule has 0 atom stereocenters. The molecule has 1 amide bonds. The van der Waals surface area contributed by atoms with Gasteiger partial charge >= 0.3 is 0 Å². The molecule has 4 aromatic rings. The number of para-hydroxylation sites is 2. The zero-order valence-corrected chi connectivity index (χ0v) is 19.6. The van der Waals surface area contributed by atoms with Crippen molar-refractivity contribution in [1.29, 1.82) is 0 Å². The van der Waals surface area contributed by atoms with Crippen LogP contribution in [-0.4, -0.2) is 17.6 Å². The molecule has 5 heteroatoms. The quantitative estimate of drug-likeness (QED) is 0.439. The van der Waals surface area contributed by atoms with Crippen LogP contribution >= 0.6 is 0 Å². The highest BCUT2D eigenvalue weighted by atomic mass is 16.5. The number of amides is 1. The van der Waals surface area contributed by atoms with E-state index >= 15 is 0 Å². The number of carbonyl (C=O) groups excluding carboxylic acids is 1. The third-order valence-electron chi connectivity index (χ3n) is 5.93. The molecule has 0 radical (unpaired) electrons. The van der Waals surface area contributed by atoms with E-state index in [1.807, 2.05) is 72.3 Å². The molecule has 0 aliphatic heterocycles. The van der Waals surface area contributed by atoms with Gasteiger partial charge in [-0.05, 0) is 41.3 Å². The van der Waals surface area contributed by atoms with Gasteiger partial charge in [-0.15, -0.1) is 0 Å². The first kappa shape index (κ1) is 22.3. The topological polar surface area (TPSA) is 60.3 Å². The van der Waals surface area contributed by atoms with Gasteiger partial charge in [0.2, 0.25) is 0 Å². The second-order valence-electron chi connectivity index (χ2n) is 9.11. The lowest BCUT2D eigenvalue weighted by molar-refractivity contribution is 0.102. The van der Waals surface area contributed by atoms with Crippen molar-refractivity contribution in [3.05, 3.63) is 94.1 Å². The lowest BCUT2D eigenvalue weighted by atomic mass is 9.87. The number of benzene rings is 3. The molecule has 4 rings (SSSR count). The van der Waals surface area contributed by atoms with Gasteiger partial charge in [-0.25, -0.2) is 0 Å². The molecule has 1 aromatic heterocycles. The minimum absolute atomic E-state index is 0.00567. The second kappa shape index (κ2) is 8.58. The molecule has 1 N–H and O–H groups in total. The number of nitrogens with one attached hydrogen (secondary N) is 1. The maximum atomic E-state index is 13.6. The van der Waals surface area contributed by atoms with E-state index in [9.17, 15) is 9.59 Å². The monoisotopic (exact) mass is 440 g/mol. The molecule has 0 bridgehead atoms. The van der Waals surface area contributed by atoms with Crippen molar-refractivity contribution in [2.45, 2.75) is 26.2 Å². The zero-order valence-electron chi connectivity index (χ0n) is 19.6. The van der Waals surface area contributed by atoms with Crippen molar-refractivity contribution < 1.29 is 9.53 Å². The molecule has 1 heterocycles. The van der Waals surface area contributed by atoms with Crippen LogP contribution < -0.4 is 15.5 Å². The first-order valence-corrected chi connectivity index (χ1v) is 10.9. The Morgan fingerprint density at radius 3 is 2.21 bits per heavy atom. The second-order valence-corrected chi connectivity index (χ2v) is 9.11. The van der Waals surface area contributed by atoms with Gasteiger partial charge in [0, 0.05) is 23.6 Å². The highest BCUT2D eigenvalue weighted by Crippen LogP contribution is 2.34. The summed E-state index contributed by atoms with van der Waals surface area (Å²) in [5, 5.41) is 3.58. The third-order valence-corrected chi connectivity index (χ3v) is 5.93. The number of pyridine rings is 1. The molecule has 3 aromatic carbocycles. The summed E-state index contributed by atoms with van der Waals surface area (Å²) < 4.78 is 7.38. The number of hydrogen-bond acceptors (Lipinski definition) is 3. The molecule has 5 nitrogen and oxygen atoms in total. The Morgan fingerprint density at radius 1 is 0.909 bits per heavy atom. The van der Waals surface area contributed by atoms with Gasteiger partial charge in [0.25, 0.3) is 5.91 Å². The number of rotatable bonds is 4. The van der Waals surface area contributed by atoms with Crippen LogP contribution in [-0.2, 0) is 12.5 Å². The summed E-state index contributed by atoms with van der Waals surface area (Å²) in [6, 6.07) is 22.3. The van der Waals surface area contributed by atoms with Crippen LogP contribution in [0, 0.1) is 0 Å². The Kier molecular flexibility index (Phi) is 5.81. The number of fused-ring (bicyclic) bond motifs is 1. The third kappa shape index (κ3) is 4.14. The summed E-state index contributed by atoms with van der Waals surface area (Å²) in [6.07, 6.45) is 0. The smallest absolute Gasteiger partial charge is 0.256 e. The van der Waals surface area contributed by atoms with E-state index in [0.717, 1.165) is 11.1 Å². The fraction of sp³-hybridized carbons (Fsp3) is 0.214. The number of aryl methyl sites for hydroxylation is 1. The lowest BCUT2D eigenvalue weighted by Gasteiger charge is -2.20. The van der Waals surface area contributed by atoms with E-state index in [4.69, 9.17) is 4.74 Å². The summed E-state index contributed by atoms with van der Waals surface area (Å²) in [7, 11) is 3.42. The number of hydrogen-bond donors (Lipinski definition) is 1. The van der Waals surface area contributed by atoms with Crippen molar-refractivity contribution in [3.8, 4) is 16.9 Å². The Balaban J connectivity index is 1.89. The fourth-order valence-electron chi connectivity index (χ4n) is 4.04. The summed E-state index contributed by atoms with van der Waals surface area (Å²) in [6.45, 7) is 6.39. The largest absolute Gasteiger partial charge is 0.496 e. The summed E-state index contributed by atoms with van der Waals surface area (Å²) >= 11 is 0. The molecular formula is C28H28N2O3. The predicted molar refractivity (Wildman–Crippen MR) is 134 cm³/mol. The van der Waals surface area contributed by atoms with Gasteiger partial charge < -0.3 is 14.6 Å². The van der Waals surface area contributed by atoms with Gasteiger partial charge in [0.1, 0.15) is 11.6 Å². The van der Waals surface area contributed by atoms with E-state index in [1.165, 1.54) is 0 Å². The van der Waals surface area contributed by atoms with Crippen molar-refractivity contribution in [2.75, 3.05) is 12.4 Å². The molecule has 168 valence electrons. The Morgan fingerprint density at radius 2 is 1.55 bits per heavy atom. The minimum Gasteiger partial charge on any atom is -0.496 e. The summed E-state index contributed by atoms with van der Waals surface area (Å²) in [5.74, 6) is 0.708. The Hall–Kier alpha value is -3.86. The van der Waals surface area contributed by atoms with E-state index in [0.29, 0.717) is 33.6 Å². The van der Waals surface area contributed by atoms with E-state index < -0.39 is 0 Å². The van der Waals surface area contributed by atoms with Crippen LogP contribution in [0.3, 0.4) is 0 Å². The summed E-state index contributed by atoms with van der Waals surface area (Å²) in [5.41, 5.74) is 3.26. The number of aromatic nitrogens is 1. The Labute approximate surface area is 193 Å². The molecule has 0 aliphatic rings. The normalized spacial score (nSPS) is 11.4. The van der Waals surface area contributed by atoms with Crippen LogP contribution in [0.1, 0.15) is 36.7 Å². The lowest BCUT2D eigenvalue weighted by Crippen LogP contribution is -2.22. The molecule has 0 saturated carbocycles. The highest BCUT2D eigenvalue weighted by molar-refractivity contribution is 6.07. The molecule has 0 spiro atoms. The van der Waals surface area contributed by atoms with Crippen LogP contribution in [0.4, 0.5) is 5.82 Å². The van der Waals surface area contributed by atoms with Gasteiger partial charge in [-0.3, -0.25) is 9.59 Å². The summed E-state index contributed by atoms with van der Waals surface area (Å²) in [4.78, 5) is 26.9. The average molecular weight is 441 g/mol. The average Bonchev–Trinajstić information content (AvgIpc) is 2.82. The van der Waals surface area contributed by atoms with Crippen LogP contribution in [0.5, 0.6) is 5.75 Å². The van der Waals surface area contributed by atoms with Crippen LogP contribution in [0.2, 0.25) is 0 Å². The fourth-order valence-corrected chi connectivity index (χ4v) is 4.04. The first-order chi connectivity index (χ1) is 15.7. The highest BCUT2D eigenvalue weighted by Gasteiger charge is 2.22. The molecule has 0 fully saturated rings. The van der Waals surface area contributed by atoms with Crippen molar-refractivity contribution in [2.24, 2.45) is 7.05 Å². The van der Waals surface area contributed by atoms with E-state index in [2.05, 4.69) is 26.1 Å². The molecule has 33 heavy (non-hydrogen) atoms. The molecule has 0 saturated heterocycles. The van der Waals surface area contributed by atoms with Crippen molar-refractivity contribution >= 4 is 22.6 Å². The first-order valence-electron chi connectivity index (χ1n) is 10.9. The zero-order chi connectivity index (χ0) is 23.8. The number of anilines is 1. The molecular weight excluding hydrogens is 412 g/mol. The number of methoxy groups -OCH3 is 1. The SMILES string of the molecule is COc1ccccc1-c1c(NC(=O)c2ccc(C(C)(C)C)cc2)n(C)c2ccccc2c1=O. The van der Waals surface area contributed by atoms with Crippen LogP contribution in [0.25, 0.3) is 22.0 Å². The van der Waals surface area contributed by atoms with E-state index in [1.54, 1.807) is 19.2 Å². The predicted octanol–water partition coefficient (Wildman–Crippen LogP) is 5.76. The molecule has 0 unspecified atom stereocenters. The maximum Gasteiger partial charge on any atom is 0.256 e.